The molecule has 0 unspecified atom stereocenters. The number of nitrogens with one attached hydrogen (secondary N) is 1. The normalized spacial score (nSPS) is 18.4. The first-order valence-corrected chi connectivity index (χ1v) is 10.7. The molecule has 2 aliphatic heterocycles. The van der Waals surface area contributed by atoms with Crippen molar-refractivity contribution in [3.63, 3.8) is 0 Å². The van der Waals surface area contributed by atoms with Crippen LogP contribution in [0.3, 0.4) is 0 Å². The van der Waals surface area contributed by atoms with E-state index in [0.717, 1.165) is 61.5 Å². The second kappa shape index (κ2) is 8.72. The van der Waals surface area contributed by atoms with Crippen molar-refractivity contribution in [2.24, 2.45) is 5.41 Å². The highest BCUT2D eigenvalue weighted by molar-refractivity contribution is 5.93. The number of hydrogen-bond acceptors (Lipinski definition) is 7. The Morgan fingerprint density at radius 1 is 1.19 bits per heavy atom. The lowest BCUT2D eigenvalue weighted by molar-refractivity contribution is -0.129. The summed E-state index contributed by atoms with van der Waals surface area (Å²) in [6.07, 6.45) is 6.15. The van der Waals surface area contributed by atoms with Gasteiger partial charge in [0.1, 0.15) is 5.78 Å². The van der Waals surface area contributed by atoms with Crippen LogP contribution in [0.2, 0.25) is 0 Å². The molecule has 0 radical (unpaired) electrons. The van der Waals surface area contributed by atoms with E-state index < -0.39 is 5.91 Å². The van der Waals surface area contributed by atoms with Gasteiger partial charge in [-0.25, -0.2) is 5.48 Å². The van der Waals surface area contributed by atoms with Crippen molar-refractivity contribution in [3.05, 3.63) is 53.1 Å². The third kappa shape index (κ3) is 4.60. The van der Waals surface area contributed by atoms with Gasteiger partial charge in [-0.2, -0.15) is 0 Å². The molecule has 31 heavy (non-hydrogen) atoms. The number of carbonyl (C=O) groups excluding carboxylic acids is 2. The summed E-state index contributed by atoms with van der Waals surface area (Å²) < 4.78 is 0. The van der Waals surface area contributed by atoms with E-state index in [4.69, 9.17) is 5.21 Å². The lowest BCUT2D eigenvalue weighted by Gasteiger charge is -2.36. The molecule has 2 aromatic heterocycles. The molecule has 0 aromatic carbocycles. The molecule has 0 spiro atoms. The summed E-state index contributed by atoms with van der Waals surface area (Å²) in [5.41, 5.74) is 5.48. The largest absolute Gasteiger partial charge is 0.365 e. The minimum atomic E-state index is -0.556. The van der Waals surface area contributed by atoms with Crippen LogP contribution in [0.25, 0.3) is 0 Å². The standard InChI is InChI=1S/C23H29N5O3/c1-23(5-9-27(2)10-6-23)21(29)13-18-12-19(3-7-24-18)28-8-4-16-11-17(22(30)26-31)14-25-20(16)15-28/h3,7,11-12,14,31H,4-6,8-10,13,15H2,1-2H3,(H,26,30). The highest BCUT2D eigenvalue weighted by Crippen LogP contribution is 2.33. The first-order valence-electron chi connectivity index (χ1n) is 10.7. The smallest absolute Gasteiger partial charge is 0.276 e. The first-order chi connectivity index (χ1) is 14.9. The molecular formula is C23H29N5O3. The number of nitrogens with zero attached hydrogens (tertiary/aromatic N) is 4. The molecule has 8 nitrogen and oxygen atoms in total. The van der Waals surface area contributed by atoms with E-state index in [1.807, 2.05) is 12.1 Å². The predicted octanol–water partition coefficient (Wildman–Crippen LogP) is 2.00. The number of Topliss-reactive ketones (excluding diaryl/α,β-unsaturated/α-hetero) is 1. The number of anilines is 1. The van der Waals surface area contributed by atoms with Gasteiger partial charge in [0.25, 0.3) is 5.91 Å². The number of pyridine rings is 2. The topological polar surface area (TPSA) is 98.7 Å². The van der Waals surface area contributed by atoms with Crippen molar-refractivity contribution < 1.29 is 14.8 Å². The Morgan fingerprint density at radius 3 is 2.71 bits per heavy atom. The number of piperidine rings is 1. The van der Waals surface area contributed by atoms with Gasteiger partial charge >= 0.3 is 0 Å². The van der Waals surface area contributed by atoms with Gasteiger partial charge in [-0.1, -0.05) is 6.92 Å². The minimum absolute atomic E-state index is 0.267. The van der Waals surface area contributed by atoms with Crippen molar-refractivity contribution >= 4 is 17.4 Å². The van der Waals surface area contributed by atoms with Crippen molar-refractivity contribution in [1.82, 2.24) is 20.3 Å². The van der Waals surface area contributed by atoms with Gasteiger partial charge in [-0.15, -0.1) is 0 Å². The van der Waals surface area contributed by atoms with Crippen LogP contribution in [0.4, 0.5) is 5.69 Å². The van der Waals surface area contributed by atoms with E-state index >= 15 is 0 Å². The van der Waals surface area contributed by atoms with Crippen LogP contribution in [0.15, 0.2) is 30.6 Å². The number of carbonyl (C=O) groups is 2. The molecule has 8 heteroatoms. The second-order valence-electron chi connectivity index (χ2n) is 8.91. The summed E-state index contributed by atoms with van der Waals surface area (Å²) in [7, 11) is 2.10. The van der Waals surface area contributed by atoms with Gasteiger partial charge in [-0.3, -0.25) is 24.8 Å². The van der Waals surface area contributed by atoms with E-state index in [2.05, 4.69) is 33.7 Å². The van der Waals surface area contributed by atoms with Crippen molar-refractivity contribution in [3.8, 4) is 0 Å². The van der Waals surface area contributed by atoms with Crippen LogP contribution in [-0.2, 0) is 24.2 Å². The molecule has 1 amide bonds. The number of amides is 1. The zero-order valence-corrected chi connectivity index (χ0v) is 18.1. The lowest BCUT2D eigenvalue weighted by Crippen LogP contribution is -2.41. The number of hydrogen-bond donors (Lipinski definition) is 2. The van der Waals surface area contributed by atoms with E-state index in [9.17, 15) is 9.59 Å². The summed E-state index contributed by atoms with van der Waals surface area (Å²) in [5, 5.41) is 8.81. The number of likely N-dealkylation sites (tertiary alicyclic amines) is 1. The van der Waals surface area contributed by atoms with Crippen LogP contribution < -0.4 is 10.4 Å². The SMILES string of the molecule is CN1CCC(C)(C(=O)Cc2cc(N3CCc4cc(C(=O)NO)cnc4C3)ccn2)CC1. The fraction of sp³-hybridized carbons (Fsp3) is 0.478. The monoisotopic (exact) mass is 423 g/mol. The predicted molar refractivity (Wildman–Crippen MR) is 116 cm³/mol. The van der Waals surface area contributed by atoms with Gasteiger partial charge in [0.2, 0.25) is 0 Å². The molecule has 2 N–H and O–H groups in total. The van der Waals surface area contributed by atoms with Gasteiger partial charge in [0, 0.05) is 42.2 Å². The molecule has 164 valence electrons. The summed E-state index contributed by atoms with van der Waals surface area (Å²) in [6.45, 7) is 5.40. The number of ketones is 1. The lowest BCUT2D eigenvalue weighted by atomic mass is 9.75. The molecule has 1 fully saturated rings. The minimum Gasteiger partial charge on any atom is -0.365 e. The molecular weight excluding hydrogens is 394 g/mol. The fourth-order valence-corrected chi connectivity index (χ4v) is 4.35. The molecule has 2 aromatic rings. The summed E-state index contributed by atoms with van der Waals surface area (Å²) >= 11 is 0. The first kappa shape index (κ1) is 21.4. The Hall–Kier alpha value is -2.84. The van der Waals surface area contributed by atoms with Gasteiger partial charge in [-0.05, 0) is 63.2 Å². The van der Waals surface area contributed by atoms with Crippen molar-refractivity contribution in [2.75, 3.05) is 31.6 Å². The molecule has 4 heterocycles. The molecule has 0 aliphatic carbocycles. The second-order valence-corrected chi connectivity index (χ2v) is 8.91. The summed E-state index contributed by atoms with van der Waals surface area (Å²) in [6, 6.07) is 5.75. The van der Waals surface area contributed by atoms with E-state index in [1.54, 1.807) is 17.7 Å². The number of fused-ring (bicyclic) bond motifs is 1. The summed E-state index contributed by atoms with van der Waals surface area (Å²) in [4.78, 5) is 38.0. The Bertz CT molecular complexity index is 985. The zero-order valence-electron chi connectivity index (χ0n) is 18.1. The van der Waals surface area contributed by atoms with Gasteiger partial charge in [0.05, 0.1) is 17.8 Å². The quantitative estimate of drug-likeness (QED) is 0.561. The molecule has 4 rings (SSSR count). The average Bonchev–Trinajstić information content (AvgIpc) is 2.80. The molecule has 0 atom stereocenters. The van der Waals surface area contributed by atoms with Crippen LogP contribution >= 0.6 is 0 Å². The average molecular weight is 424 g/mol. The third-order valence-corrected chi connectivity index (χ3v) is 6.69. The van der Waals surface area contributed by atoms with Crippen LogP contribution in [-0.4, -0.2) is 58.4 Å². The molecule has 1 saturated heterocycles. The van der Waals surface area contributed by atoms with Crippen LogP contribution in [0.5, 0.6) is 0 Å². The maximum Gasteiger partial charge on any atom is 0.276 e. The highest BCUT2D eigenvalue weighted by Gasteiger charge is 2.35. The number of aromatic nitrogens is 2. The van der Waals surface area contributed by atoms with Crippen LogP contribution in [0, 0.1) is 5.41 Å². The fourth-order valence-electron chi connectivity index (χ4n) is 4.35. The summed E-state index contributed by atoms with van der Waals surface area (Å²) in [5.74, 6) is -0.287. The molecule has 2 aliphatic rings. The van der Waals surface area contributed by atoms with E-state index in [0.29, 0.717) is 18.5 Å². The van der Waals surface area contributed by atoms with E-state index in [1.165, 1.54) is 6.20 Å². The van der Waals surface area contributed by atoms with Gasteiger partial charge < -0.3 is 9.80 Å². The maximum atomic E-state index is 13.0. The Balaban J connectivity index is 1.45. The van der Waals surface area contributed by atoms with Crippen LogP contribution in [0.1, 0.15) is 47.1 Å². The number of rotatable bonds is 5. The zero-order chi connectivity index (χ0) is 22.0. The van der Waals surface area contributed by atoms with Crippen molar-refractivity contribution in [1.29, 1.82) is 0 Å². The van der Waals surface area contributed by atoms with Gasteiger partial charge in [0.15, 0.2) is 0 Å². The Labute approximate surface area is 182 Å². The molecule has 0 bridgehead atoms. The molecule has 0 saturated carbocycles. The number of hydroxylamine groups is 1. The Kier molecular flexibility index (Phi) is 6.02. The maximum absolute atomic E-state index is 13.0. The van der Waals surface area contributed by atoms with Crippen molar-refractivity contribution in [2.45, 2.75) is 39.2 Å². The highest BCUT2D eigenvalue weighted by atomic mass is 16.5. The third-order valence-electron chi connectivity index (χ3n) is 6.69. The Morgan fingerprint density at radius 2 is 1.97 bits per heavy atom. The van der Waals surface area contributed by atoms with E-state index in [-0.39, 0.29) is 11.2 Å².